The number of ether oxygens (including phenoxy) is 1. The van der Waals surface area contributed by atoms with E-state index in [1.54, 1.807) is 0 Å². The molecule has 0 aromatic heterocycles. The Hall–Kier alpha value is -5.40. The minimum atomic E-state index is -0.418. The van der Waals surface area contributed by atoms with Gasteiger partial charge in [-0.3, -0.25) is 0 Å². The SMILES string of the molecule is c1ccc(C2(c3ccccc3)c3ccccc3-c3ccc(-c4cc5c6c(cccc6c4)-c4ccccc4O5)cc32)cc1. The summed E-state index contributed by atoms with van der Waals surface area (Å²) in [6.07, 6.45) is 0. The van der Waals surface area contributed by atoms with Crippen molar-refractivity contribution in [2.75, 3.05) is 0 Å². The Morgan fingerprint density at radius 2 is 1.02 bits per heavy atom. The van der Waals surface area contributed by atoms with E-state index in [4.69, 9.17) is 4.74 Å². The molecule has 0 unspecified atom stereocenters. The summed E-state index contributed by atoms with van der Waals surface area (Å²) in [4.78, 5) is 0. The molecule has 1 aliphatic carbocycles. The molecule has 0 saturated heterocycles. The van der Waals surface area contributed by atoms with Crippen molar-refractivity contribution in [2.24, 2.45) is 0 Å². The highest BCUT2D eigenvalue weighted by Gasteiger charge is 2.46. The minimum absolute atomic E-state index is 0.418. The van der Waals surface area contributed by atoms with Gasteiger partial charge >= 0.3 is 0 Å². The third kappa shape index (κ3) is 3.14. The Morgan fingerprint density at radius 1 is 0.381 bits per heavy atom. The van der Waals surface area contributed by atoms with Crippen LogP contribution in [-0.4, -0.2) is 0 Å². The number of rotatable bonds is 3. The zero-order chi connectivity index (χ0) is 27.7. The van der Waals surface area contributed by atoms with E-state index < -0.39 is 5.41 Å². The van der Waals surface area contributed by atoms with Crippen LogP contribution in [0.15, 0.2) is 158 Å². The summed E-state index contributed by atoms with van der Waals surface area (Å²) >= 11 is 0. The van der Waals surface area contributed by atoms with E-state index in [2.05, 4.69) is 152 Å². The normalized spacial score (nSPS) is 13.6. The van der Waals surface area contributed by atoms with Crippen LogP contribution in [0.1, 0.15) is 22.3 Å². The van der Waals surface area contributed by atoms with Crippen LogP contribution in [0.4, 0.5) is 0 Å². The van der Waals surface area contributed by atoms with Crippen molar-refractivity contribution in [1.82, 2.24) is 0 Å². The summed E-state index contributed by atoms with van der Waals surface area (Å²) < 4.78 is 6.53. The van der Waals surface area contributed by atoms with Gasteiger partial charge in [-0.05, 0) is 79.7 Å². The Balaban J connectivity index is 1.31. The number of para-hydroxylation sites is 1. The predicted octanol–water partition coefficient (Wildman–Crippen LogP) is 10.6. The second-order valence-corrected chi connectivity index (χ2v) is 11.3. The molecule has 9 rings (SSSR count). The quantitative estimate of drug-likeness (QED) is 0.219. The third-order valence-corrected chi connectivity index (χ3v) is 9.13. The second-order valence-electron chi connectivity index (χ2n) is 11.3. The Kier molecular flexibility index (Phi) is 4.88. The van der Waals surface area contributed by atoms with Crippen molar-refractivity contribution in [1.29, 1.82) is 0 Å². The molecule has 0 fully saturated rings. The summed E-state index contributed by atoms with van der Waals surface area (Å²) in [6, 6.07) is 57.3. The zero-order valence-electron chi connectivity index (χ0n) is 22.9. The van der Waals surface area contributed by atoms with E-state index in [-0.39, 0.29) is 0 Å². The number of hydrogen-bond donors (Lipinski definition) is 0. The van der Waals surface area contributed by atoms with Crippen molar-refractivity contribution in [3.8, 4) is 44.9 Å². The molecule has 7 aromatic carbocycles. The van der Waals surface area contributed by atoms with Crippen molar-refractivity contribution in [3.05, 3.63) is 180 Å². The second kappa shape index (κ2) is 8.80. The Morgan fingerprint density at radius 3 is 1.81 bits per heavy atom. The molecular formula is C41H26O. The molecule has 0 radical (unpaired) electrons. The average Bonchev–Trinajstić information content (AvgIpc) is 3.36. The topological polar surface area (TPSA) is 9.23 Å². The molecule has 0 amide bonds. The lowest BCUT2D eigenvalue weighted by Gasteiger charge is -2.34. The maximum absolute atomic E-state index is 6.53. The molecule has 0 atom stereocenters. The van der Waals surface area contributed by atoms with E-state index in [1.807, 2.05) is 6.07 Å². The largest absolute Gasteiger partial charge is 0.456 e. The highest BCUT2D eigenvalue weighted by Crippen LogP contribution is 2.57. The van der Waals surface area contributed by atoms with Gasteiger partial charge in [-0.25, -0.2) is 0 Å². The van der Waals surface area contributed by atoms with Crippen LogP contribution in [0, 0.1) is 0 Å². The van der Waals surface area contributed by atoms with Crippen LogP contribution >= 0.6 is 0 Å². The summed E-state index contributed by atoms with van der Waals surface area (Å²) in [7, 11) is 0. The molecule has 7 aromatic rings. The van der Waals surface area contributed by atoms with Crippen LogP contribution in [0.5, 0.6) is 11.5 Å². The fourth-order valence-corrected chi connectivity index (χ4v) is 7.38. The number of benzene rings is 7. The van der Waals surface area contributed by atoms with Gasteiger partial charge in [0.25, 0.3) is 0 Å². The number of hydrogen-bond acceptors (Lipinski definition) is 1. The maximum atomic E-state index is 6.53. The van der Waals surface area contributed by atoms with Gasteiger partial charge < -0.3 is 4.74 Å². The molecule has 0 spiro atoms. The summed E-state index contributed by atoms with van der Waals surface area (Å²) in [6.45, 7) is 0. The summed E-state index contributed by atoms with van der Waals surface area (Å²) in [5.74, 6) is 1.82. The summed E-state index contributed by atoms with van der Waals surface area (Å²) in [5.41, 5.74) is 12.1. The molecule has 0 N–H and O–H groups in total. The van der Waals surface area contributed by atoms with Crippen molar-refractivity contribution in [3.63, 3.8) is 0 Å². The van der Waals surface area contributed by atoms with Gasteiger partial charge in [0, 0.05) is 10.9 Å². The van der Waals surface area contributed by atoms with Gasteiger partial charge in [-0.2, -0.15) is 0 Å². The first-order chi connectivity index (χ1) is 20.8. The first kappa shape index (κ1) is 23.3. The van der Waals surface area contributed by atoms with Crippen LogP contribution in [0.2, 0.25) is 0 Å². The predicted molar refractivity (Wildman–Crippen MR) is 172 cm³/mol. The zero-order valence-corrected chi connectivity index (χ0v) is 22.9. The molecule has 1 aliphatic heterocycles. The molecule has 1 nitrogen and oxygen atoms in total. The fraction of sp³-hybridized carbons (Fsp3) is 0.0244. The fourth-order valence-electron chi connectivity index (χ4n) is 7.38. The monoisotopic (exact) mass is 534 g/mol. The van der Waals surface area contributed by atoms with Gasteiger partial charge in [0.15, 0.2) is 0 Å². The van der Waals surface area contributed by atoms with Crippen LogP contribution in [0.3, 0.4) is 0 Å². The Labute approximate surface area is 245 Å². The van der Waals surface area contributed by atoms with E-state index in [1.165, 1.54) is 55.3 Å². The van der Waals surface area contributed by atoms with Crippen molar-refractivity contribution < 1.29 is 4.74 Å². The van der Waals surface area contributed by atoms with E-state index in [9.17, 15) is 0 Å². The van der Waals surface area contributed by atoms with Gasteiger partial charge in [0.2, 0.25) is 0 Å². The molecule has 1 heteroatoms. The molecule has 0 saturated carbocycles. The van der Waals surface area contributed by atoms with E-state index in [0.717, 1.165) is 22.6 Å². The van der Waals surface area contributed by atoms with E-state index >= 15 is 0 Å². The van der Waals surface area contributed by atoms with Crippen LogP contribution in [-0.2, 0) is 5.41 Å². The standard InChI is InChI=1S/C41H26O/c1-3-13-30(14-4-1)41(31-15-5-2-6-16-31)36-20-9-7-17-32(36)33-23-22-27(25-37(33)41)29-24-28-12-11-19-35-34-18-8-10-21-38(34)42-39(26-29)40(28)35/h1-26H. The molecular weight excluding hydrogens is 508 g/mol. The highest BCUT2D eigenvalue weighted by molar-refractivity contribution is 6.06. The smallest absolute Gasteiger partial charge is 0.136 e. The molecule has 0 bridgehead atoms. The van der Waals surface area contributed by atoms with Crippen molar-refractivity contribution >= 4 is 10.8 Å². The first-order valence-electron chi connectivity index (χ1n) is 14.5. The molecule has 42 heavy (non-hydrogen) atoms. The average molecular weight is 535 g/mol. The minimum Gasteiger partial charge on any atom is -0.456 e. The van der Waals surface area contributed by atoms with Gasteiger partial charge in [-0.1, -0.05) is 133 Å². The highest BCUT2D eigenvalue weighted by atomic mass is 16.5. The van der Waals surface area contributed by atoms with Crippen molar-refractivity contribution in [2.45, 2.75) is 5.41 Å². The Bertz CT molecular complexity index is 2120. The third-order valence-electron chi connectivity index (χ3n) is 9.13. The maximum Gasteiger partial charge on any atom is 0.136 e. The van der Waals surface area contributed by atoms with E-state index in [0.29, 0.717) is 0 Å². The molecule has 196 valence electrons. The lowest BCUT2D eigenvalue weighted by atomic mass is 9.67. The molecule has 2 aliphatic rings. The number of fused-ring (bicyclic) bond motifs is 5. The molecule has 1 heterocycles. The lowest BCUT2D eigenvalue weighted by Crippen LogP contribution is -2.28. The van der Waals surface area contributed by atoms with Gasteiger partial charge in [0.05, 0.1) is 5.41 Å². The van der Waals surface area contributed by atoms with Gasteiger partial charge in [0.1, 0.15) is 11.5 Å². The lowest BCUT2D eigenvalue weighted by molar-refractivity contribution is 0.487. The first-order valence-corrected chi connectivity index (χ1v) is 14.5. The van der Waals surface area contributed by atoms with Crippen LogP contribution in [0.25, 0.3) is 44.2 Å². The van der Waals surface area contributed by atoms with Gasteiger partial charge in [-0.15, -0.1) is 0 Å². The summed E-state index contributed by atoms with van der Waals surface area (Å²) in [5, 5.41) is 2.37. The van der Waals surface area contributed by atoms with Crippen LogP contribution < -0.4 is 4.74 Å².